The van der Waals surface area contributed by atoms with Crippen LogP contribution in [0.5, 0.6) is 5.75 Å². The number of halogens is 1. The first-order valence-corrected chi connectivity index (χ1v) is 7.86. The molecule has 24 heavy (non-hydrogen) atoms. The molecule has 0 saturated carbocycles. The fraction of sp³-hybridized carbons (Fsp3) is 0.316. The Morgan fingerprint density at radius 1 is 1.17 bits per heavy atom. The van der Waals surface area contributed by atoms with Crippen LogP contribution in [0, 0.1) is 12.8 Å². The Labute approximate surface area is 149 Å². The summed E-state index contributed by atoms with van der Waals surface area (Å²) in [5.74, 6) is 1.27. The zero-order valence-corrected chi connectivity index (χ0v) is 15.2. The van der Waals surface area contributed by atoms with Gasteiger partial charge in [-0.1, -0.05) is 19.9 Å². The normalized spacial score (nSPS) is 10.2. The van der Waals surface area contributed by atoms with E-state index in [-0.39, 0.29) is 18.3 Å². The minimum absolute atomic E-state index is 0. The maximum atomic E-state index is 12.3. The van der Waals surface area contributed by atoms with Gasteiger partial charge in [-0.05, 0) is 61.2 Å². The van der Waals surface area contributed by atoms with Crippen LogP contribution in [0.1, 0.15) is 36.2 Å². The molecule has 0 heterocycles. The second-order valence-electron chi connectivity index (χ2n) is 6.08. The van der Waals surface area contributed by atoms with Gasteiger partial charge in [0.15, 0.2) is 0 Å². The summed E-state index contributed by atoms with van der Waals surface area (Å²) in [6.07, 6.45) is 1.02. The van der Waals surface area contributed by atoms with Gasteiger partial charge < -0.3 is 15.8 Å². The lowest BCUT2D eigenvalue weighted by Gasteiger charge is -2.10. The fourth-order valence-electron chi connectivity index (χ4n) is 2.13. The Balaban J connectivity index is 0.00000288. The van der Waals surface area contributed by atoms with E-state index in [1.807, 2.05) is 37.3 Å². The second kappa shape index (κ2) is 9.18. The number of nitrogens with two attached hydrogens (primary N) is 1. The number of anilines is 2. The third-order valence-corrected chi connectivity index (χ3v) is 3.58. The van der Waals surface area contributed by atoms with E-state index in [0.29, 0.717) is 23.8 Å². The summed E-state index contributed by atoms with van der Waals surface area (Å²) in [6.45, 7) is 6.92. The van der Waals surface area contributed by atoms with Crippen molar-refractivity contribution in [3.05, 3.63) is 53.6 Å². The standard InChI is InChI=1S/C19H24N2O2.ClH/c1-13(2)10-11-23-17-8-6-16(7-9-17)21-19(22)18-12-15(20)5-4-14(18)3;/h4-9,12-13H,10-11,20H2,1-3H3,(H,21,22);1H. The Bertz CT molecular complexity index is 670. The maximum Gasteiger partial charge on any atom is 0.256 e. The van der Waals surface area contributed by atoms with Gasteiger partial charge in [0.2, 0.25) is 0 Å². The molecule has 0 radical (unpaired) electrons. The minimum atomic E-state index is -0.164. The van der Waals surface area contributed by atoms with Crippen molar-refractivity contribution < 1.29 is 9.53 Å². The topological polar surface area (TPSA) is 64.4 Å². The SMILES string of the molecule is Cc1ccc(N)cc1C(=O)Nc1ccc(OCCC(C)C)cc1.Cl. The highest BCUT2D eigenvalue weighted by Crippen LogP contribution is 2.19. The molecule has 4 nitrogen and oxygen atoms in total. The second-order valence-corrected chi connectivity index (χ2v) is 6.08. The summed E-state index contributed by atoms with van der Waals surface area (Å²) in [4.78, 5) is 12.3. The summed E-state index contributed by atoms with van der Waals surface area (Å²) < 4.78 is 5.67. The number of benzene rings is 2. The van der Waals surface area contributed by atoms with Crippen molar-refractivity contribution in [2.45, 2.75) is 27.2 Å². The number of hydrogen-bond acceptors (Lipinski definition) is 3. The van der Waals surface area contributed by atoms with Gasteiger partial charge in [-0.2, -0.15) is 0 Å². The molecule has 0 aliphatic rings. The van der Waals surface area contributed by atoms with Crippen LogP contribution in [0.25, 0.3) is 0 Å². The Morgan fingerprint density at radius 3 is 2.46 bits per heavy atom. The first-order chi connectivity index (χ1) is 11.0. The molecular weight excluding hydrogens is 324 g/mol. The number of rotatable bonds is 6. The Hall–Kier alpha value is -2.20. The highest BCUT2D eigenvalue weighted by Gasteiger charge is 2.09. The number of carbonyl (C=O) groups is 1. The third-order valence-electron chi connectivity index (χ3n) is 3.58. The van der Waals surface area contributed by atoms with E-state index in [0.717, 1.165) is 23.4 Å². The molecular formula is C19H25ClN2O2. The summed E-state index contributed by atoms with van der Waals surface area (Å²) in [6, 6.07) is 12.7. The summed E-state index contributed by atoms with van der Waals surface area (Å²) in [7, 11) is 0. The summed E-state index contributed by atoms with van der Waals surface area (Å²) in [5, 5.41) is 2.88. The van der Waals surface area contributed by atoms with Gasteiger partial charge in [-0.25, -0.2) is 0 Å². The number of amides is 1. The van der Waals surface area contributed by atoms with E-state index in [4.69, 9.17) is 10.5 Å². The van der Waals surface area contributed by atoms with Crippen molar-refractivity contribution in [3.8, 4) is 5.75 Å². The molecule has 130 valence electrons. The zero-order chi connectivity index (χ0) is 16.8. The average molecular weight is 349 g/mol. The monoisotopic (exact) mass is 348 g/mol. The van der Waals surface area contributed by atoms with E-state index in [1.54, 1.807) is 12.1 Å². The van der Waals surface area contributed by atoms with Gasteiger partial charge in [0, 0.05) is 16.9 Å². The van der Waals surface area contributed by atoms with Crippen molar-refractivity contribution >= 4 is 29.7 Å². The van der Waals surface area contributed by atoms with Crippen LogP contribution < -0.4 is 15.8 Å². The Kier molecular flexibility index (Phi) is 7.59. The summed E-state index contributed by atoms with van der Waals surface area (Å²) >= 11 is 0. The van der Waals surface area contributed by atoms with Crippen molar-refractivity contribution in [1.82, 2.24) is 0 Å². The number of nitrogen functional groups attached to an aromatic ring is 1. The molecule has 0 aromatic heterocycles. The molecule has 1 amide bonds. The fourth-order valence-corrected chi connectivity index (χ4v) is 2.13. The third kappa shape index (κ3) is 5.78. The van der Waals surface area contributed by atoms with Crippen LogP contribution in [0.15, 0.2) is 42.5 Å². The van der Waals surface area contributed by atoms with E-state index < -0.39 is 0 Å². The first-order valence-electron chi connectivity index (χ1n) is 7.86. The van der Waals surface area contributed by atoms with Crippen LogP contribution >= 0.6 is 12.4 Å². The molecule has 3 N–H and O–H groups in total. The molecule has 2 rings (SSSR count). The Morgan fingerprint density at radius 2 is 1.83 bits per heavy atom. The lowest BCUT2D eigenvalue weighted by molar-refractivity contribution is 0.102. The van der Waals surface area contributed by atoms with Crippen LogP contribution in [-0.4, -0.2) is 12.5 Å². The highest BCUT2D eigenvalue weighted by atomic mass is 35.5. The van der Waals surface area contributed by atoms with Gasteiger partial charge in [0.25, 0.3) is 5.91 Å². The van der Waals surface area contributed by atoms with Gasteiger partial charge in [0.05, 0.1) is 6.61 Å². The molecule has 0 atom stereocenters. The molecule has 0 spiro atoms. The molecule has 0 aliphatic carbocycles. The number of aryl methyl sites for hydroxylation is 1. The molecule has 0 bridgehead atoms. The number of nitrogens with one attached hydrogen (secondary N) is 1. The summed E-state index contributed by atoms with van der Waals surface area (Å²) in [5.41, 5.74) is 8.54. The maximum absolute atomic E-state index is 12.3. The molecule has 0 unspecified atom stereocenters. The van der Waals surface area contributed by atoms with Crippen LogP contribution in [0.3, 0.4) is 0 Å². The molecule has 0 saturated heterocycles. The molecule has 5 heteroatoms. The smallest absolute Gasteiger partial charge is 0.256 e. The molecule has 0 aliphatic heterocycles. The van der Waals surface area contributed by atoms with Gasteiger partial charge >= 0.3 is 0 Å². The first kappa shape index (κ1) is 19.8. The molecule has 0 fully saturated rings. The minimum Gasteiger partial charge on any atom is -0.494 e. The van der Waals surface area contributed by atoms with Crippen molar-refractivity contribution in [3.63, 3.8) is 0 Å². The largest absolute Gasteiger partial charge is 0.494 e. The van der Waals surface area contributed by atoms with Gasteiger partial charge in [-0.15, -0.1) is 12.4 Å². The van der Waals surface area contributed by atoms with Crippen molar-refractivity contribution in [1.29, 1.82) is 0 Å². The zero-order valence-electron chi connectivity index (χ0n) is 14.3. The van der Waals surface area contributed by atoms with E-state index in [1.165, 1.54) is 0 Å². The average Bonchev–Trinajstić information content (AvgIpc) is 2.51. The van der Waals surface area contributed by atoms with Gasteiger partial charge in [0.1, 0.15) is 5.75 Å². The van der Waals surface area contributed by atoms with E-state index in [2.05, 4.69) is 19.2 Å². The lowest BCUT2D eigenvalue weighted by Crippen LogP contribution is -2.13. The van der Waals surface area contributed by atoms with Gasteiger partial charge in [-0.3, -0.25) is 4.79 Å². The molecule has 2 aromatic carbocycles. The lowest BCUT2D eigenvalue weighted by atomic mass is 10.1. The van der Waals surface area contributed by atoms with Crippen molar-refractivity contribution in [2.24, 2.45) is 5.92 Å². The van der Waals surface area contributed by atoms with E-state index >= 15 is 0 Å². The predicted octanol–water partition coefficient (Wildman–Crippen LogP) is 4.68. The number of carbonyl (C=O) groups excluding carboxylic acids is 1. The number of hydrogen-bond donors (Lipinski definition) is 2. The van der Waals surface area contributed by atoms with Crippen LogP contribution in [0.4, 0.5) is 11.4 Å². The van der Waals surface area contributed by atoms with Crippen LogP contribution in [0.2, 0.25) is 0 Å². The quantitative estimate of drug-likeness (QED) is 0.745. The van der Waals surface area contributed by atoms with Crippen molar-refractivity contribution in [2.75, 3.05) is 17.7 Å². The predicted molar refractivity (Wildman–Crippen MR) is 102 cm³/mol. The molecule has 2 aromatic rings. The van der Waals surface area contributed by atoms with E-state index in [9.17, 15) is 4.79 Å². The number of ether oxygens (including phenoxy) is 1. The van der Waals surface area contributed by atoms with Crippen LogP contribution in [-0.2, 0) is 0 Å². The highest BCUT2D eigenvalue weighted by molar-refractivity contribution is 6.05.